The number of nitrogens with zero attached hydrogens (tertiary/aromatic N) is 2. The first-order valence-corrected chi connectivity index (χ1v) is 4.49. The van der Waals surface area contributed by atoms with Crippen molar-refractivity contribution >= 4 is 26.6 Å². The van der Waals surface area contributed by atoms with Crippen molar-refractivity contribution in [1.82, 2.24) is 9.24 Å². The second-order valence-corrected chi connectivity index (χ2v) is 3.47. The van der Waals surface area contributed by atoms with E-state index >= 15 is 0 Å². The molecule has 12 heavy (non-hydrogen) atoms. The third kappa shape index (κ3) is 0.854. The second kappa shape index (κ2) is 2.51. The van der Waals surface area contributed by atoms with Crippen molar-refractivity contribution in [2.24, 2.45) is 7.05 Å². The molecule has 0 aliphatic heterocycles. The summed E-state index contributed by atoms with van der Waals surface area (Å²) in [4.78, 5) is 0. The third-order valence-electron chi connectivity index (χ3n) is 2.00. The number of nitrogens with two attached hydrogens (primary N) is 1. The molecule has 0 amide bonds. The van der Waals surface area contributed by atoms with Gasteiger partial charge in [-0.15, -0.1) is 0 Å². The molecular weight excluding hydrogens is 217 g/mol. The average Bonchev–Trinajstić information content (AvgIpc) is 2.33. The van der Waals surface area contributed by atoms with E-state index in [1.165, 1.54) is 0 Å². The fraction of sp³-hybridized carbons (Fsp3) is 0.125. The predicted octanol–water partition coefficient (Wildman–Crippen LogP) is 0.394. The van der Waals surface area contributed by atoms with Crippen LogP contribution in [0.5, 0.6) is 0 Å². The summed E-state index contributed by atoms with van der Waals surface area (Å²) in [7, 11) is 1.98. The van der Waals surface area contributed by atoms with Gasteiger partial charge in [0.1, 0.15) is 0 Å². The zero-order valence-electron chi connectivity index (χ0n) is 6.69. The first-order chi connectivity index (χ1) is 5.72. The van der Waals surface area contributed by atoms with E-state index in [-0.39, 0.29) is 0 Å². The van der Waals surface area contributed by atoms with Gasteiger partial charge in [0.2, 0.25) is 0 Å². The van der Waals surface area contributed by atoms with Crippen molar-refractivity contribution in [1.29, 1.82) is 0 Å². The Labute approximate surface area is 77.7 Å². The van der Waals surface area contributed by atoms with E-state index in [1.807, 2.05) is 35.9 Å². The molecule has 2 rings (SSSR count). The fourth-order valence-electron chi connectivity index (χ4n) is 1.32. The first-order valence-electron chi connectivity index (χ1n) is 3.63. The molecule has 0 radical (unpaired) electrons. The van der Waals surface area contributed by atoms with Gasteiger partial charge in [-0.25, -0.2) is 0 Å². The first kappa shape index (κ1) is 7.65. The summed E-state index contributed by atoms with van der Waals surface area (Å²) >= 11 is 2.93. The number of aromatic nitrogens is 2. The Balaban J connectivity index is 3.09. The summed E-state index contributed by atoms with van der Waals surface area (Å²) in [5.41, 5.74) is 2.17. The number of hydrogen-bond acceptors (Lipinski definition) is 1. The average molecular weight is 226 g/mol. The number of nitrogen functional groups attached to an aromatic ring is 1. The van der Waals surface area contributed by atoms with E-state index in [0.717, 1.165) is 15.4 Å². The Kier molecular flexibility index (Phi) is 1.60. The van der Waals surface area contributed by atoms with E-state index in [2.05, 4.69) is 15.6 Å². The second-order valence-electron chi connectivity index (χ2n) is 2.70. The molecule has 0 aliphatic carbocycles. The Morgan fingerprint density at radius 2 is 1.83 bits per heavy atom. The summed E-state index contributed by atoms with van der Waals surface area (Å²) < 4.78 is 4.60. The van der Waals surface area contributed by atoms with E-state index in [0.29, 0.717) is 0 Å². The number of rotatable bonds is 0. The van der Waals surface area contributed by atoms with E-state index < -0.39 is 0 Å². The minimum absolute atomic E-state index is 0.927. The Bertz CT molecular complexity index is 438. The predicted molar refractivity (Wildman–Crippen MR) is 50.1 cm³/mol. The molecule has 2 aromatic rings. The molecule has 0 spiro atoms. The van der Waals surface area contributed by atoms with Crippen molar-refractivity contribution in [2.45, 2.75) is 0 Å². The van der Waals surface area contributed by atoms with Crippen LogP contribution in [0.2, 0.25) is 0 Å². The number of benzene rings is 1. The van der Waals surface area contributed by atoms with Crippen LogP contribution in [-0.4, -0.2) is 24.8 Å². The molecule has 1 heterocycles. The molecule has 0 fully saturated rings. The van der Waals surface area contributed by atoms with Crippen LogP contribution in [0.1, 0.15) is 0 Å². The molecular formula is C8H9N3Se. The molecule has 0 atom stereocenters. The van der Waals surface area contributed by atoms with Crippen LogP contribution in [-0.2, 0) is 7.05 Å². The fourth-order valence-corrected chi connectivity index (χ4v) is 1.73. The quantitative estimate of drug-likeness (QED) is 0.512. The minimum atomic E-state index is 0.927. The maximum absolute atomic E-state index is 5.80. The number of imidazole rings is 1. The molecule has 1 aromatic carbocycles. The summed E-state index contributed by atoms with van der Waals surface area (Å²) in [5, 5.41) is 0. The Hall–Kier alpha value is -0.991. The van der Waals surface area contributed by atoms with Crippen LogP contribution >= 0.6 is 0 Å². The van der Waals surface area contributed by atoms with Gasteiger partial charge in [-0.05, 0) is 0 Å². The maximum atomic E-state index is 5.80. The van der Waals surface area contributed by atoms with E-state index in [4.69, 9.17) is 5.84 Å². The van der Waals surface area contributed by atoms with E-state index in [9.17, 15) is 0 Å². The Morgan fingerprint density at radius 1 is 1.25 bits per heavy atom. The van der Waals surface area contributed by atoms with Gasteiger partial charge >= 0.3 is 77.3 Å². The Morgan fingerprint density at radius 3 is 2.42 bits per heavy atom. The standard InChI is InChI=1S/C8H9N3Se/c1-10-6-4-2-3-5-7(6)11(9)8(10)12/h2-5H,9H2,1H3. The van der Waals surface area contributed by atoms with Crippen molar-refractivity contribution in [3.8, 4) is 0 Å². The normalized spacial score (nSPS) is 10.8. The van der Waals surface area contributed by atoms with Gasteiger partial charge < -0.3 is 0 Å². The number of hydrogen-bond donors (Lipinski definition) is 1. The van der Waals surface area contributed by atoms with Crippen molar-refractivity contribution < 1.29 is 0 Å². The SMILES string of the molecule is Cn1c(=[Se])n(N)c2ccccc21. The van der Waals surface area contributed by atoms with Crippen LogP contribution < -0.4 is 5.84 Å². The third-order valence-corrected chi connectivity index (χ3v) is 2.98. The number of fused-ring (bicyclic) bond motifs is 1. The molecule has 0 saturated carbocycles. The van der Waals surface area contributed by atoms with Crippen molar-refractivity contribution in [3.05, 3.63) is 28.6 Å². The topological polar surface area (TPSA) is 35.9 Å². The molecule has 3 nitrogen and oxygen atoms in total. The number of aryl methyl sites for hydroxylation is 1. The number of para-hydroxylation sites is 2. The van der Waals surface area contributed by atoms with Crippen LogP contribution in [0.3, 0.4) is 0 Å². The van der Waals surface area contributed by atoms with Crippen LogP contribution in [0, 0.1) is 4.32 Å². The molecule has 0 saturated heterocycles. The molecule has 4 heteroatoms. The summed E-state index contributed by atoms with van der Waals surface area (Å²) in [5.74, 6) is 5.80. The van der Waals surface area contributed by atoms with Gasteiger partial charge in [0.05, 0.1) is 0 Å². The summed E-state index contributed by atoms with van der Waals surface area (Å²) in [6, 6.07) is 8.02. The summed E-state index contributed by atoms with van der Waals surface area (Å²) in [6.07, 6.45) is 0. The van der Waals surface area contributed by atoms with Crippen molar-refractivity contribution in [2.75, 3.05) is 5.84 Å². The van der Waals surface area contributed by atoms with Gasteiger partial charge in [0.25, 0.3) is 0 Å². The molecule has 2 N–H and O–H groups in total. The van der Waals surface area contributed by atoms with Gasteiger partial charge in [0, 0.05) is 0 Å². The van der Waals surface area contributed by atoms with Gasteiger partial charge in [-0.1, -0.05) is 0 Å². The molecule has 62 valence electrons. The molecule has 1 aromatic heterocycles. The van der Waals surface area contributed by atoms with Gasteiger partial charge in [0.15, 0.2) is 0 Å². The monoisotopic (exact) mass is 227 g/mol. The summed E-state index contributed by atoms with van der Waals surface area (Å²) in [6.45, 7) is 0. The van der Waals surface area contributed by atoms with Crippen LogP contribution in [0.4, 0.5) is 0 Å². The van der Waals surface area contributed by atoms with Gasteiger partial charge in [-0.3, -0.25) is 0 Å². The van der Waals surface area contributed by atoms with E-state index in [1.54, 1.807) is 4.68 Å². The van der Waals surface area contributed by atoms with Gasteiger partial charge in [-0.2, -0.15) is 0 Å². The van der Waals surface area contributed by atoms with Crippen LogP contribution in [0.15, 0.2) is 24.3 Å². The van der Waals surface area contributed by atoms with Crippen molar-refractivity contribution in [3.63, 3.8) is 0 Å². The van der Waals surface area contributed by atoms with Crippen LogP contribution in [0.25, 0.3) is 11.0 Å². The molecule has 0 bridgehead atoms. The molecule has 0 aliphatic rings. The molecule has 0 unspecified atom stereocenters. The zero-order chi connectivity index (χ0) is 8.72. The zero-order valence-corrected chi connectivity index (χ0v) is 8.40.